The highest BCUT2D eigenvalue weighted by Gasteiger charge is 2.33. The predicted octanol–water partition coefficient (Wildman–Crippen LogP) is 4.13. The largest absolute Gasteiger partial charge is 0.303 e. The number of aldehydes is 1. The lowest BCUT2D eigenvalue weighted by atomic mass is 9.85. The fourth-order valence-corrected chi connectivity index (χ4v) is 2.52. The Balaban J connectivity index is 4.24. The van der Waals surface area contributed by atoms with Crippen LogP contribution in [0.4, 0.5) is 0 Å². The van der Waals surface area contributed by atoms with E-state index in [2.05, 4.69) is 15.9 Å². The molecule has 78 valence electrons. The highest BCUT2D eigenvalue weighted by Crippen LogP contribution is 2.41. The maximum absolute atomic E-state index is 10.4. The number of hydrogen-bond acceptors (Lipinski definition) is 1. The molecule has 0 bridgehead atoms. The van der Waals surface area contributed by atoms with Crippen molar-refractivity contribution in [2.75, 3.05) is 0 Å². The summed E-state index contributed by atoms with van der Waals surface area (Å²) in [7, 11) is 0. The first-order valence-corrected chi connectivity index (χ1v) is 5.88. The number of carbonyl (C=O) groups is 1. The number of alkyl halides is 4. The van der Waals surface area contributed by atoms with Gasteiger partial charge in [0, 0.05) is 17.7 Å². The summed E-state index contributed by atoms with van der Waals surface area (Å²) in [4.78, 5) is 10.4. The molecular formula is C8H12BrCl3O. The molecule has 0 fully saturated rings. The average Bonchev–Trinajstić information content (AvgIpc) is 1.82. The molecule has 0 aromatic heterocycles. The molecule has 0 aromatic rings. The maximum atomic E-state index is 10.4. The van der Waals surface area contributed by atoms with Gasteiger partial charge in [0.05, 0.1) is 0 Å². The quantitative estimate of drug-likeness (QED) is 0.564. The van der Waals surface area contributed by atoms with Gasteiger partial charge in [0.25, 0.3) is 0 Å². The van der Waals surface area contributed by atoms with Crippen molar-refractivity contribution in [1.82, 2.24) is 0 Å². The Hall–Kier alpha value is 1.02. The Morgan fingerprint density at radius 2 is 1.85 bits per heavy atom. The molecule has 0 aromatic carbocycles. The van der Waals surface area contributed by atoms with Crippen LogP contribution in [-0.4, -0.2) is 14.9 Å². The minimum atomic E-state index is -1.27. The van der Waals surface area contributed by atoms with Crippen molar-refractivity contribution in [2.45, 2.75) is 35.3 Å². The van der Waals surface area contributed by atoms with Gasteiger partial charge in [-0.25, -0.2) is 0 Å². The highest BCUT2D eigenvalue weighted by atomic mass is 79.9. The molecule has 0 heterocycles. The van der Waals surface area contributed by atoms with Gasteiger partial charge in [-0.3, -0.25) is 0 Å². The summed E-state index contributed by atoms with van der Waals surface area (Å²) < 4.78 is -1.27. The molecule has 0 aliphatic heterocycles. The average molecular weight is 310 g/mol. The lowest BCUT2D eigenvalue weighted by Crippen LogP contribution is -2.28. The SMILES string of the molecule is CC(C)(CC=O)C(Br)CC(Cl)(Cl)Cl. The predicted molar refractivity (Wildman–Crippen MR) is 62.1 cm³/mol. The van der Waals surface area contributed by atoms with Crippen LogP contribution in [0, 0.1) is 5.41 Å². The highest BCUT2D eigenvalue weighted by molar-refractivity contribution is 9.09. The van der Waals surface area contributed by atoms with Crippen LogP contribution in [0.25, 0.3) is 0 Å². The second kappa shape index (κ2) is 5.20. The van der Waals surface area contributed by atoms with E-state index < -0.39 is 3.79 Å². The molecule has 1 nitrogen and oxygen atoms in total. The van der Waals surface area contributed by atoms with Gasteiger partial charge in [0.1, 0.15) is 6.29 Å². The van der Waals surface area contributed by atoms with Crippen LogP contribution in [0.5, 0.6) is 0 Å². The Kier molecular flexibility index (Phi) is 5.61. The lowest BCUT2D eigenvalue weighted by Gasteiger charge is -2.30. The summed E-state index contributed by atoms with van der Waals surface area (Å²) in [5.74, 6) is 0. The summed E-state index contributed by atoms with van der Waals surface area (Å²) in [5.41, 5.74) is -0.189. The van der Waals surface area contributed by atoms with Gasteiger partial charge in [-0.2, -0.15) is 0 Å². The van der Waals surface area contributed by atoms with Gasteiger partial charge in [0.15, 0.2) is 3.79 Å². The Labute approximate surface area is 102 Å². The first-order chi connectivity index (χ1) is 5.69. The van der Waals surface area contributed by atoms with Crippen molar-refractivity contribution in [2.24, 2.45) is 5.41 Å². The Morgan fingerprint density at radius 1 is 1.38 bits per heavy atom. The van der Waals surface area contributed by atoms with E-state index in [1.807, 2.05) is 13.8 Å². The molecule has 0 aliphatic carbocycles. The van der Waals surface area contributed by atoms with E-state index in [9.17, 15) is 4.79 Å². The van der Waals surface area contributed by atoms with Crippen molar-refractivity contribution < 1.29 is 4.79 Å². The Morgan fingerprint density at radius 3 is 2.15 bits per heavy atom. The van der Waals surface area contributed by atoms with Crippen LogP contribution in [0.1, 0.15) is 26.7 Å². The molecule has 0 aliphatic rings. The van der Waals surface area contributed by atoms with Gasteiger partial charge >= 0.3 is 0 Å². The minimum Gasteiger partial charge on any atom is -0.303 e. The lowest BCUT2D eigenvalue weighted by molar-refractivity contribution is -0.109. The van der Waals surface area contributed by atoms with E-state index in [1.54, 1.807) is 0 Å². The zero-order valence-electron chi connectivity index (χ0n) is 7.49. The van der Waals surface area contributed by atoms with Crippen LogP contribution in [0.3, 0.4) is 0 Å². The van der Waals surface area contributed by atoms with E-state index in [-0.39, 0.29) is 10.2 Å². The van der Waals surface area contributed by atoms with Gasteiger partial charge in [0.2, 0.25) is 0 Å². The van der Waals surface area contributed by atoms with Crippen molar-refractivity contribution in [3.63, 3.8) is 0 Å². The third kappa shape index (κ3) is 6.16. The minimum absolute atomic E-state index is 0.0118. The zero-order valence-corrected chi connectivity index (χ0v) is 11.3. The second-order valence-electron chi connectivity index (χ2n) is 3.65. The van der Waals surface area contributed by atoms with Gasteiger partial charge in [-0.15, -0.1) is 0 Å². The zero-order chi connectivity index (χ0) is 10.7. The topological polar surface area (TPSA) is 17.1 Å². The molecule has 13 heavy (non-hydrogen) atoms. The van der Waals surface area contributed by atoms with E-state index in [4.69, 9.17) is 34.8 Å². The van der Waals surface area contributed by atoms with Gasteiger partial charge < -0.3 is 4.79 Å². The standard InChI is InChI=1S/C8H12BrCl3O/c1-7(2,3-4-13)6(9)5-8(10,11)12/h4,6H,3,5H2,1-2H3. The van der Waals surface area contributed by atoms with Crippen LogP contribution < -0.4 is 0 Å². The molecule has 0 N–H and O–H groups in total. The van der Waals surface area contributed by atoms with E-state index in [0.29, 0.717) is 12.8 Å². The molecule has 1 atom stereocenters. The van der Waals surface area contributed by atoms with Crippen molar-refractivity contribution in [3.8, 4) is 0 Å². The van der Waals surface area contributed by atoms with E-state index in [0.717, 1.165) is 6.29 Å². The fourth-order valence-electron chi connectivity index (χ4n) is 0.822. The van der Waals surface area contributed by atoms with Crippen LogP contribution in [0.15, 0.2) is 0 Å². The number of halogens is 4. The van der Waals surface area contributed by atoms with Gasteiger partial charge in [-0.05, 0) is 5.41 Å². The van der Waals surface area contributed by atoms with Crippen LogP contribution in [-0.2, 0) is 4.79 Å². The molecule has 0 rings (SSSR count). The Bertz CT molecular complexity index is 177. The smallest absolute Gasteiger partial charge is 0.191 e. The second-order valence-corrected chi connectivity index (χ2v) is 7.27. The van der Waals surface area contributed by atoms with Crippen LogP contribution >= 0.6 is 50.7 Å². The van der Waals surface area contributed by atoms with Crippen LogP contribution in [0.2, 0.25) is 0 Å². The molecule has 0 saturated heterocycles. The molecule has 1 unspecified atom stereocenters. The molecule has 5 heteroatoms. The van der Waals surface area contributed by atoms with Crippen molar-refractivity contribution in [1.29, 1.82) is 0 Å². The third-order valence-corrected chi connectivity index (χ3v) is 3.89. The summed E-state index contributed by atoms with van der Waals surface area (Å²) in [5, 5.41) is 0. The number of carbonyl (C=O) groups excluding carboxylic acids is 1. The molecule has 0 radical (unpaired) electrons. The summed E-state index contributed by atoms with van der Waals surface area (Å²) in [6.07, 6.45) is 1.72. The third-order valence-electron chi connectivity index (χ3n) is 1.87. The first kappa shape index (κ1) is 14.0. The first-order valence-electron chi connectivity index (χ1n) is 3.83. The maximum Gasteiger partial charge on any atom is 0.191 e. The molecular weight excluding hydrogens is 298 g/mol. The van der Waals surface area contributed by atoms with Gasteiger partial charge in [-0.1, -0.05) is 64.6 Å². The summed E-state index contributed by atoms with van der Waals surface area (Å²) in [6.45, 7) is 3.91. The summed E-state index contributed by atoms with van der Waals surface area (Å²) >= 11 is 20.4. The normalized spacial score (nSPS) is 15.5. The number of rotatable bonds is 4. The monoisotopic (exact) mass is 308 g/mol. The summed E-state index contributed by atoms with van der Waals surface area (Å²) in [6, 6.07) is 0. The van der Waals surface area contributed by atoms with E-state index >= 15 is 0 Å². The molecule has 0 amide bonds. The van der Waals surface area contributed by atoms with Crippen molar-refractivity contribution in [3.05, 3.63) is 0 Å². The molecule has 0 saturated carbocycles. The molecule has 0 spiro atoms. The van der Waals surface area contributed by atoms with Crippen molar-refractivity contribution >= 4 is 57.0 Å². The fraction of sp³-hybridized carbons (Fsp3) is 0.875. The van der Waals surface area contributed by atoms with E-state index in [1.165, 1.54) is 0 Å². The number of hydrogen-bond donors (Lipinski definition) is 0.